The molecule has 0 spiro atoms. The van der Waals surface area contributed by atoms with Crippen LogP contribution in [0.5, 0.6) is 0 Å². The van der Waals surface area contributed by atoms with Gasteiger partial charge in [0.2, 0.25) is 5.91 Å². The molecular formula is C22H32F3N4O-. The van der Waals surface area contributed by atoms with E-state index in [1.807, 2.05) is 0 Å². The third-order valence-electron chi connectivity index (χ3n) is 6.43. The number of hydrogen-bond acceptors (Lipinski definition) is 3. The van der Waals surface area contributed by atoms with Crippen LogP contribution in [0, 0.1) is 0 Å². The van der Waals surface area contributed by atoms with Crippen LogP contribution in [0.4, 0.5) is 13.2 Å². The van der Waals surface area contributed by atoms with Gasteiger partial charge in [-0.2, -0.15) is 13.2 Å². The second kappa shape index (κ2) is 9.66. The first-order valence-electron chi connectivity index (χ1n) is 10.8. The first-order valence-corrected chi connectivity index (χ1v) is 10.8. The summed E-state index contributed by atoms with van der Waals surface area (Å²) in [6.07, 6.45) is -2.34. The van der Waals surface area contributed by atoms with Crippen molar-refractivity contribution in [3.63, 3.8) is 0 Å². The smallest absolute Gasteiger partial charge is 0.416 e. The van der Waals surface area contributed by atoms with E-state index in [4.69, 9.17) is 5.73 Å². The van der Waals surface area contributed by atoms with E-state index < -0.39 is 17.8 Å². The predicted molar refractivity (Wildman–Crippen MR) is 111 cm³/mol. The highest BCUT2D eigenvalue weighted by atomic mass is 19.4. The zero-order valence-corrected chi connectivity index (χ0v) is 17.8. The minimum atomic E-state index is -4.42. The summed E-state index contributed by atoms with van der Waals surface area (Å²) in [6.45, 7) is 7.14. The van der Waals surface area contributed by atoms with Gasteiger partial charge in [-0.25, -0.2) is 0 Å². The first-order chi connectivity index (χ1) is 14.2. The van der Waals surface area contributed by atoms with E-state index >= 15 is 0 Å². The highest BCUT2D eigenvalue weighted by Gasteiger charge is 2.33. The summed E-state index contributed by atoms with van der Waals surface area (Å²) >= 11 is 0. The monoisotopic (exact) mass is 425 g/mol. The number of piperidine rings is 1. The van der Waals surface area contributed by atoms with Gasteiger partial charge in [0.15, 0.2) is 0 Å². The van der Waals surface area contributed by atoms with Crippen molar-refractivity contribution in [1.82, 2.24) is 14.7 Å². The number of carbonyl (C=O) groups is 1. The highest BCUT2D eigenvalue weighted by molar-refractivity contribution is 5.83. The molecule has 1 aromatic carbocycles. The van der Waals surface area contributed by atoms with Crippen molar-refractivity contribution >= 4 is 5.91 Å². The number of likely N-dealkylation sites (tertiary alicyclic amines) is 1. The molecule has 1 amide bonds. The fourth-order valence-electron chi connectivity index (χ4n) is 4.50. The van der Waals surface area contributed by atoms with E-state index in [0.717, 1.165) is 45.1 Å². The van der Waals surface area contributed by atoms with Crippen molar-refractivity contribution in [2.24, 2.45) is 0 Å². The zero-order valence-electron chi connectivity index (χ0n) is 17.8. The Labute approximate surface area is 177 Å². The van der Waals surface area contributed by atoms with Crippen LogP contribution >= 0.6 is 0 Å². The Kier molecular flexibility index (Phi) is 7.42. The van der Waals surface area contributed by atoms with E-state index in [1.54, 1.807) is 17.9 Å². The van der Waals surface area contributed by atoms with Crippen molar-refractivity contribution in [1.29, 1.82) is 0 Å². The molecule has 168 valence electrons. The maximum atomic E-state index is 13.3. The van der Waals surface area contributed by atoms with Gasteiger partial charge in [-0.3, -0.25) is 9.69 Å². The average molecular weight is 426 g/mol. The van der Waals surface area contributed by atoms with Crippen LogP contribution in [0.3, 0.4) is 0 Å². The largest absolute Gasteiger partial charge is 0.667 e. The lowest BCUT2D eigenvalue weighted by Gasteiger charge is -2.43. The molecule has 0 bridgehead atoms. The van der Waals surface area contributed by atoms with Gasteiger partial charge in [0.05, 0.1) is 5.56 Å². The molecule has 0 saturated carbocycles. The topological polar surface area (TPSA) is 50.6 Å². The molecule has 3 rings (SSSR count). The Morgan fingerprint density at radius 1 is 1.13 bits per heavy atom. The number of alkyl halides is 3. The maximum absolute atomic E-state index is 13.3. The molecule has 0 unspecified atom stereocenters. The van der Waals surface area contributed by atoms with E-state index in [-0.39, 0.29) is 17.9 Å². The van der Waals surface area contributed by atoms with Crippen molar-refractivity contribution in [2.45, 2.75) is 50.9 Å². The molecule has 0 aromatic heterocycles. The van der Waals surface area contributed by atoms with Crippen LogP contribution in [-0.2, 0) is 23.8 Å². The highest BCUT2D eigenvalue weighted by Crippen LogP contribution is 2.33. The Morgan fingerprint density at radius 2 is 1.77 bits per heavy atom. The number of nitrogens with one attached hydrogen (secondary N) is 1. The molecule has 1 N–H and O–H groups in total. The number of aryl methyl sites for hydroxylation is 1. The molecule has 2 aliphatic heterocycles. The molecule has 0 radical (unpaired) electrons. The van der Waals surface area contributed by atoms with Crippen LogP contribution in [0.25, 0.3) is 5.73 Å². The van der Waals surface area contributed by atoms with Gasteiger partial charge in [0.25, 0.3) is 0 Å². The van der Waals surface area contributed by atoms with Crippen molar-refractivity contribution in [2.75, 3.05) is 46.3 Å². The maximum Gasteiger partial charge on any atom is 0.416 e. The van der Waals surface area contributed by atoms with E-state index in [0.29, 0.717) is 31.1 Å². The number of amides is 1. The number of rotatable bonds is 5. The van der Waals surface area contributed by atoms with Crippen LogP contribution in [0.1, 0.15) is 36.5 Å². The Morgan fingerprint density at radius 3 is 2.33 bits per heavy atom. The van der Waals surface area contributed by atoms with Crippen LogP contribution in [0.15, 0.2) is 18.2 Å². The number of hydrogen-bond donors (Lipinski definition) is 0. The van der Waals surface area contributed by atoms with E-state index in [2.05, 4.69) is 16.8 Å². The predicted octanol–water partition coefficient (Wildman–Crippen LogP) is 3.47. The van der Waals surface area contributed by atoms with Crippen molar-refractivity contribution in [3.05, 3.63) is 40.6 Å². The second-order valence-electron chi connectivity index (χ2n) is 8.50. The SMILES string of the molecule is CCc1ccc(C[C@@H]([NH-])C(=O)N2CCC(N3CCN(C)CC3)CC2)cc1C(F)(F)F. The lowest BCUT2D eigenvalue weighted by atomic mass is 9.97. The Balaban J connectivity index is 1.55. The van der Waals surface area contributed by atoms with Crippen molar-refractivity contribution < 1.29 is 18.0 Å². The van der Waals surface area contributed by atoms with Gasteiger partial charge >= 0.3 is 6.18 Å². The molecule has 2 fully saturated rings. The van der Waals surface area contributed by atoms with Gasteiger partial charge in [0.1, 0.15) is 0 Å². The number of halogens is 3. The summed E-state index contributed by atoms with van der Waals surface area (Å²) in [5.74, 6) is -0.278. The molecule has 30 heavy (non-hydrogen) atoms. The number of benzene rings is 1. The first kappa shape index (κ1) is 23.0. The van der Waals surface area contributed by atoms with E-state index in [1.165, 1.54) is 6.07 Å². The van der Waals surface area contributed by atoms with Gasteiger partial charge in [-0.15, -0.1) is 0 Å². The molecule has 5 nitrogen and oxygen atoms in total. The number of nitrogens with zero attached hydrogens (tertiary/aromatic N) is 3. The summed E-state index contributed by atoms with van der Waals surface area (Å²) in [5.41, 5.74) is 8.23. The average Bonchev–Trinajstić information content (AvgIpc) is 2.73. The van der Waals surface area contributed by atoms with Gasteiger partial charge in [-0.05, 0) is 49.9 Å². The quantitative estimate of drug-likeness (QED) is 0.726. The van der Waals surface area contributed by atoms with Gasteiger partial charge < -0.3 is 15.5 Å². The van der Waals surface area contributed by atoms with Crippen LogP contribution < -0.4 is 0 Å². The summed E-state index contributed by atoms with van der Waals surface area (Å²) in [5, 5.41) is 0. The molecule has 2 heterocycles. The van der Waals surface area contributed by atoms with Gasteiger partial charge in [0, 0.05) is 45.3 Å². The number of likely N-dealkylation sites (N-methyl/N-ethyl adjacent to an activating group) is 1. The summed E-state index contributed by atoms with van der Waals surface area (Å²) in [4.78, 5) is 19.3. The van der Waals surface area contributed by atoms with Crippen LogP contribution in [0.2, 0.25) is 0 Å². The van der Waals surface area contributed by atoms with Gasteiger partial charge in [-0.1, -0.05) is 25.1 Å². The van der Waals surface area contributed by atoms with Crippen LogP contribution in [-0.4, -0.2) is 79.0 Å². The number of piperazine rings is 1. The third kappa shape index (κ3) is 5.53. The van der Waals surface area contributed by atoms with E-state index in [9.17, 15) is 18.0 Å². The normalized spacial score (nSPS) is 21.1. The third-order valence-corrected chi connectivity index (χ3v) is 6.43. The molecule has 8 heteroatoms. The summed E-state index contributed by atoms with van der Waals surface area (Å²) in [7, 11) is 2.13. The zero-order chi connectivity index (χ0) is 21.9. The molecule has 2 saturated heterocycles. The second-order valence-corrected chi connectivity index (χ2v) is 8.50. The number of carbonyl (C=O) groups excluding carboxylic acids is 1. The minimum Gasteiger partial charge on any atom is -0.667 e. The molecule has 1 aromatic rings. The molecule has 0 aliphatic carbocycles. The summed E-state index contributed by atoms with van der Waals surface area (Å²) < 4.78 is 39.9. The molecule has 2 aliphatic rings. The lowest BCUT2D eigenvalue weighted by Crippen LogP contribution is -2.53. The van der Waals surface area contributed by atoms with Crippen molar-refractivity contribution in [3.8, 4) is 0 Å². The fourth-order valence-corrected chi connectivity index (χ4v) is 4.50. The standard InChI is InChI=1S/C22H32F3N4O/c1-3-17-5-4-16(14-19(17)22(23,24)25)15-20(26)21(30)29-8-6-18(7-9-29)28-12-10-27(2)11-13-28/h4-5,14,18,20,26H,3,6-13,15H2,1-2H3/q-1/t20-/m1/s1. The molecule has 1 atom stereocenters. The lowest BCUT2D eigenvalue weighted by molar-refractivity contribution is -0.138. The minimum absolute atomic E-state index is 0.00426. The Hall–Kier alpha value is -1.64. The fraction of sp³-hybridized carbons (Fsp3) is 0.682. The Bertz CT molecular complexity index is 724. The summed E-state index contributed by atoms with van der Waals surface area (Å²) in [6, 6.07) is 3.59. The molecular weight excluding hydrogens is 393 g/mol.